The number of anilines is 1. The van der Waals surface area contributed by atoms with Crippen molar-refractivity contribution in [2.45, 2.75) is 13.5 Å². The molecule has 164 valence electrons. The summed E-state index contributed by atoms with van der Waals surface area (Å²) in [5.41, 5.74) is 4.44. The minimum absolute atomic E-state index is 0.0970. The van der Waals surface area contributed by atoms with E-state index in [2.05, 4.69) is 21.2 Å². The number of carbonyl (C=O) groups is 3. The van der Waals surface area contributed by atoms with Crippen molar-refractivity contribution in [3.63, 3.8) is 0 Å². The highest BCUT2D eigenvalue weighted by Crippen LogP contribution is 2.14. The fraction of sp³-hybridized carbons (Fsp3) is 0.130. The number of nitrogens with one attached hydrogen (secondary N) is 3. The lowest BCUT2D eigenvalue weighted by Crippen LogP contribution is -2.37. The Morgan fingerprint density at radius 2 is 1.88 bits per heavy atom. The molecule has 0 aliphatic rings. The Labute approximate surface area is 184 Å². The van der Waals surface area contributed by atoms with Crippen LogP contribution in [0.1, 0.15) is 16.9 Å². The van der Waals surface area contributed by atoms with Crippen LogP contribution >= 0.6 is 0 Å². The average molecular weight is 434 g/mol. The summed E-state index contributed by atoms with van der Waals surface area (Å²) in [7, 11) is 0. The van der Waals surface area contributed by atoms with Crippen LogP contribution in [-0.2, 0) is 20.9 Å². The third kappa shape index (κ3) is 6.84. The predicted octanol–water partition coefficient (Wildman–Crippen LogP) is 2.37. The Bertz CT molecular complexity index is 1110. The van der Waals surface area contributed by atoms with E-state index in [1.807, 2.05) is 31.2 Å². The molecule has 0 unspecified atom stereocenters. The van der Waals surface area contributed by atoms with Gasteiger partial charge in [-0.05, 0) is 48.4 Å². The lowest BCUT2D eigenvalue weighted by atomic mass is 10.2. The van der Waals surface area contributed by atoms with Gasteiger partial charge in [-0.1, -0.05) is 30.3 Å². The van der Waals surface area contributed by atoms with Crippen molar-refractivity contribution in [3.8, 4) is 5.75 Å². The molecule has 32 heavy (non-hydrogen) atoms. The van der Waals surface area contributed by atoms with Crippen molar-refractivity contribution in [1.29, 1.82) is 0 Å². The van der Waals surface area contributed by atoms with E-state index in [1.54, 1.807) is 36.4 Å². The first-order valence-corrected chi connectivity index (χ1v) is 9.73. The van der Waals surface area contributed by atoms with E-state index >= 15 is 0 Å². The Morgan fingerprint density at radius 3 is 2.66 bits per heavy atom. The monoisotopic (exact) mass is 434 g/mol. The van der Waals surface area contributed by atoms with Crippen molar-refractivity contribution in [1.82, 2.24) is 10.7 Å². The van der Waals surface area contributed by atoms with Gasteiger partial charge in [0.2, 0.25) is 0 Å². The number of rotatable bonds is 8. The first-order valence-electron chi connectivity index (χ1n) is 9.73. The van der Waals surface area contributed by atoms with E-state index < -0.39 is 11.8 Å². The van der Waals surface area contributed by atoms with Crippen LogP contribution in [0, 0.1) is 6.92 Å². The summed E-state index contributed by atoms with van der Waals surface area (Å²) in [4.78, 5) is 35.6. The summed E-state index contributed by atoms with van der Waals surface area (Å²) in [6.07, 6.45) is 2.83. The number of hydrazone groups is 1. The highest BCUT2D eigenvalue weighted by Gasteiger charge is 2.12. The number of furan rings is 1. The number of hydrogen-bond acceptors (Lipinski definition) is 6. The zero-order valence-electron chi connectivity index (χ0n) is 17.3. The largest absolute Gasteiger partial charge is 0.484 e. The molecule has 9 nitrogen and oxygen atoms in total. The van der Waals surface area contributed by atoms with E-state index in [-0.39, 0.29) is 19.1 Å². The van der Waals surface area contributed by atoms with Crippen LogP contribution in [0.2, 0.25) is 0 Å². The number of nitrogens with zero attached hydrogens (tertiary/aromatic N) is 1. The summed E-state index contributed by atoms with van der Waals surface area (Å²) in [5, 5.41) is 8.97. The normalized spacial score (nSPS) is 10.5. The maximum atomic E-state index is 12.1. The topological polar surface area (TPSA) is 122 Å². The SMILES string of the molecule is Cc1ccccc1NC(=O)COc1cccc(/C=N\NC(=O)C(=O)NCc2ccco2)c1. The van der Waals surface area contributed by atoms with Crippen molar-refractivity contribution < 1.29 is 23.5 Å². The zero-order valence-corrected chi connectivity index (χ0v) is 17.3. The smallest absolute Gasteiger partial charge is 0.329 e. The molecule has 0 aliphatic carbocycles. The van der Waals surface area contributed by atoms with Crippen LogP contribution in [0.4, 0.5) is 5.69 Å². The minimum atomic E-state index is -0.909. The first kappa shape index (κ1) is 22.3. The number of amides is 3. The second-order valence-corrected chi connectivity index (χ2v) is 6.69. The van der Waals surface area contributed by atoms with Gasteiger partial charge in [0, 0.05) is 5.69 Å². The molecule has 0 atom stereocenters. The molecule has 0 saturated heterocycles. The average Bonchev–Trinajstić information content (AvgIpc) is 3.31. The molecule has 0 saturated carbocycles. The fourth-order valence-corrected chi connectivity index (χ4v) is 2.61. The molecule has 0 bridgehead atoms. The highest BCUT2D eigenvalue weighted by molar-refractivity contribution is 6.35. The van der Waals surface area contributed by atoms with Crippen LogP contribution in [0.25, 0.3) is 0 Å². The second-order valence-electron chi connectivity index (χ2n) is 6.69. The van der Waals surface area contributed by atoms with Crippen LogP contribution in [0.3, 0.4) is 0 Å². The molecule has 1 aromatic heterocycles. The Kier molecular flexibility index (Phi) is 7.74. The summed E-state index contributed by atoms with van der Waals surface area (Å²) in [5.74, 6) is -1.05. The molecule has 3 aromatic rings. The second kappa shape index (κ2) is 11.1. The van der Waals surface area contributed by atoms with Crippen molar-refractivity contribution in [3.05, 3.63) is 83.8 Å². The van der Waals surface area contributed by atoms with Crippen molar-refractivity contribution in [2.75, 3.05) is 11.9 Å². The number of carbonyl (C=O) groups excluding carboxylic acids is 3. The van der Waals surface area contributed by atoms with Crippen LogP contribution in [0.15, 0.2) is 76.4 Å². The van der Waals surface area contributed by atoms with Gasteiger partial charge in [0.25, 0.3) is 5.91 Å². The van der Waals surface area contributed by atoms with Gasteiger partial charge >= 0.3 is 11.8 Å². The molecular weight excluding hydrogens is 412 g/mol. The Balaban J connectivity index is 1.45. The standard InChI is InChI=1S/C23H22N4O5/c1-16-6-2-3-10-20(16)26-21(28)15-32-18-8-4-7-17(12-18)13-25-27-23(30)22(29)24-14-19-9-5-11-31-19/h2-13H,14-15H2,1H3,(H,24,29)(H,26,28)(H,27,30)/b25-13-. The van der Waals surface area contributed by atoms with Gasteiger partial charge in [0.15, 0.2) is 6.61 Å². The summed E-state index contributed by atoms with van der Waals surface area (Å²) < 4.78 is 10.6. The summed E-state index contributed by atoms with van der Waals surface area (Å²) in [6, 6.07) is 17.6. The molecule has 2 aromatic carbocycles. The summed E-state index contributed by atoms with van der Waals surface area (Å²) >= 11 is 0. The van der Waals surface area contributed by atoms with Crippen LogP contribution in [-0.4, -0.2) is 30.5 Å². The van der Waals surface area contributed by atoms with Gasteiger partial charge < -0.3 is 19.8 Å². The molecule has 9 heteroatoms. The molecule has 0 aliphatic heterocycles. The lowest BCUT2D eigenvalue weighted by molar-refractivity contribution is -0.139. The zero-order chi connectivity index (χ0) is 22.8. The number of para-hydroxylation sites is 1. The number of ether oxygens (including phenoxy) is 1. The predicted molar refractivity (Wildman–Crippen MR) is 118 cm³/mol. The van der Waals surface area contributed by atoms with Crippen LogP contribution in [0.5, 0.6) is 5.75 Å². The maximum Gasteiger partial charge on any atom is 0.329 e. The van der Waals surface area contributed by atoms with E-state index in [0.717, 1.165) is 11.3 Å². The number of aryl methyl sites for hydroxylation is 1. The molecule has 3 N–H and O–H groups in total. The molecule has 0 fully saturated rings. The molecule has 0 spiro atoms. The first-order chi connectivity index (χ1) is 15.5. The van der Waals surface area contributed by atoms with Gasteiger partial charge in [0.05, 0.1) is 19.0 Å². The molecule has 1 heterocycles. The van der Waals surface area contributed by atoms with E-state index in [1.165, 1.54) is 12.5 Å². The molecular formula is C23H22N4O5. The van der Waals surface area contributed by atoms with E-state index in [0.29, 0.717) is 17.1 Å². The quantitative estimate of drug-likeness (QED) is 0.285. The van der Waals surface area contributed by atoms with E-state index in [9.17, 15) is 14.4 Å². The number of benzene rings is 2. The van der Waals surface area contributed by atoms with Gasteiger partial charge in [-0.3, -0.25) is 14.4 Å². The Hall–Kier alpha value is -4.40. The maximum absolute atomic E-state index is 12.1. The van der Waals surface area contributed by atoms with Gasteiger partial charge in [-0.2, -0.15) is 5.10 Å². The van der Waals surface area contributed by atoms with Crippen molar-refractivity contribution >= 4 is 29.6 Å². The van der Waals surface area contributed by atoms with E-state index in [4.69, 9.17) is 9.15 Å². The molecule has 3 rings (SSSR count). The summed E-state index contributed by atoms with van der Waals surface area (Å²) in [6.45, 7) is 1.84. The minimum Gasteiger partial charge on any atom is -0.484 e. The van der Waals surface area contributed by atoms with Gasteiger partial charge in [-0.15, -0.1) is 0 Å². The Morgan fingerprint density at radius 1 is 1.03 bits per heavy atom. The van der Waals surface area contributed by atoms with Gasteiger partial charge in [-0.25, -0.2) is 5.43 Å². The van der Waals surface area contributed by atoms with Crippen molar-refractivity contribution in [2.24, 2.45) is 5.10 Å². The molecule has 0 radical (unpaired) electrons. The van der Waals surface area contributed by atoms with Gasteiger partial charge in [0.1, 0.15) is 11.5 Å². The van der Waals surface area contributed by atoms with Crippen LogP contribution < -0.4 is 20.8 Å². The fourth-order valence-electron chi connectivity index (χ4n) is 2.61. The third-order valence-electron chi connectivity index (χ3n) is 4.24. The lowest BCUT2D eigenvalue weighted by Gasteiger charge is -2.09. The number of hydrogen-bond donors (Lipinski definition) is 3. The third-order valence-corrected chi connectivity index (χ3v) is 4.24. The highest BCUT2D eigenvalue weighted by atomic mass is 16.5. The molecule has 3 amide bonds.